The average molecular weight is 441 g/mol. The van der Waals surface area contributed by atoms with Crippen molar-refractivity contribution in [3.63, 3.8) is 0 Å². The second-order valence-electron chi connectivity index (χ2n) is 7.92. The first-order valence-electron chi connectivity index (χ1n) is 10.8. The molecule has 8 heteroatoms. The summed E-state index contributed by atoms with van der Waals surface area (Å²) in [5.41, 5.74) is 3.42. The van der Waals surface area contributed by atoms with Gasteiger partial charge >= 0.3 is 6.03 Å². The van der Waals surface area contributed by atoms with Gasteiger partial charge in [-0.25, -0.2) is 9.78 Å². The van der Waals surface area contributed by atoms with Crippen molar-refractivity contribution in [3.05, 3.63) is 90.4 Å². The number of urea groups is 1. The normalized spacial score (nSPS) is 12.8. The van der Waals surface area contributed by atoms with Gasteiger partial charge in [0.05, 0.1) is 5.69 Å². The molecule has 166 valence electrons. The molecule has 0 atom stereocenters. The van der Waals surface area contributed by atoms with E-state index in [9.17, 15) is 9.59 Å². The fourth-order valence-electron chi connectivity index (χ4n) is 3.37. The maximum Gasteiger partial charge on any atom is 0.319 e. The molecule has 0 saturated heterocycles. The summed E-state index contributed by atoms with van der Waals surface area (Å²) >= 11 is 0. The molecule has 3 amide bonds. The van der Waals surface area contributed by atoms with Crippen molar-refractivity contribution in [1.82, 2.24) is 14.7 Å². The Morgan fingerprint density at radius 3 is 2.61 bits per heavy atom. The summed E-state index contributed by atoms with van der Waals surface area (Å²) in [7, 11) is 0. The van der Waals surface area contributed by atoms with Crippen LogP contribution in [0, 0.1) is 0 Å². The number of aromatic nitrogens is 2. The number of hydrogen-bond acceptors (Lipinski definition) is 4. The first kappa shape index (κ1) is 20.6. The highest BCUT2D eigenvalue weighted by atomic mass is 16.5. The highest BCUT2D eigenvalue weighted by molar-refractivity contribution is 6.04. The number of nitrogens with zero attached hydrogens (tertiary/aromatic N) is 2. The van der Waals surface area contributed by atoms with Crippen LogP contribution < -0.4 is 20.7 Å². The molecule has 0 unspecified atom stereocenters. The van der Waals surface area contributed by atoms with E-state index in [4.69, 9.17) is 4.74 Å². The van der Waals surface area contributed by atoms with Crippen LogP contribution in [0.5, 0.6) is 5.75 Å². The van der Waals surface area contributed by atoms with Crippen LogP contribution in [-0.4, -0.2) is 27.4 Å². The zero-order chi connectivity index (χ0) is 22.6. The molecule has 1 fully saturated rings. The lowest BCUT2D eigenvalue weighted by atomic mass is 10.2. The number of amides is 3. The van der Waals surface area contributed by atoms with Crippen LogP contribution in [0.2, 0.25) is 0 Å². The van der Waals surface area contributed by atoms with Gasteiger partial charge in [-0.2, -0.15) is 0 Å². The van der Waals surface area contributed by atoms with Crippen LogP contribution >= 0.6 is 0 Å². The lowest BCUT2D eigenvalue weighted by Gasteiger charge is -2.10. The van der Waals surface area contributed by atoms with Crippen LogP contribution in [0.3, 0.4) is 0 Å². The maximum absolute atomic E-state index is 12.6. The smallest absolute Gasteiger partial charge is 0.319 e. The molecule has 2 aromatic heterocycles. The van der Waals surface area contributed by atoms with Crippen molar-refractivity contribution in [2.24, 2.45) is 0 Å². The molecule has 0 radical (unpaired) electrons. The Bertz CT molecular complexity index is 1260. The summed E-state index contributed by atoms with van der Waals surface area (Å²) in [6, 6.07) is 19.9. The van der Waals surface area contributed by atoms with Crippen LogP contribution in [0.15, 0.2) is 79.1 Å². The lowest BCUT2D eigenvalue weighted by molar-refractivity contribution is 0.102. The first-order chi connectivity index (χ1) is 16.1. The summed E-state index contributed by atoms with van der Waals surface area (Å²) in [4.78, 5) is 29.0. The fourth-order valence-corrected chi connectivity index (χ4v) is 3.37. The Morgan fingerprint density at radius 1 is 0.970 bits per heavy atom. The Morgan fingerprint density at radius 2 is 1.82 bits per heavy atom. The van der Waals surface area contributed by atoms with E-state index in [1.807, 2.05) is 47.1 Å². The second kappa shape index (κ2) is 9.04. The number of anilines is 2. The van der Waals surface area contributed by atoms with Crippen molar-refractivity contribution in [3.8, 4) is 5.75 Å². The summed E-state index contributed by atoms with van der Waals surface area (Å²) in [5, 5.41) is 8.50. The highest BCUT2D eigenvalue weighted by Gasteiger charge is 2.23. The lowest BCUT2D eigenvalue weighted by Crippen LogP contribution is -2.30. The molecular weight excluding hydrogens is 418 g/mol. The largest absolute Gasteiger partial charge is 0.487 e. The highest BCUT2D eigenvalue weighted by Crippen LogP contribution is 2.21. The summed E-state index contributed by atoms with van der Waals surface area (Å²) in [5.74, 6) is 0.382. The van der Waals surface area contributed by atoms with Crippen molar-refractivity contribution in [1.29, 1.82) is 0 Å². The number of benzene rings is 2. The number of ether oxygens (including phenoxy) is 1. The van der Waals surface area contributed by atoms with Crippen LogP contribution in [-0.2, 0) is 6.61 Å². The molecule has 1 saturated carbocycles. The maximum atomic E-state index is 12.6. The van der Waals surface area contributed by atoms with Crippen molar-refractivity contribution < 1.29 is 14.3 Å². The van der Waals surface area contributed by atoms with E-state index in [0.29, 0.717) is 29.3 Å². The van der Waals surface area contributed by atoms with E-state index in [1.165, 1.54) is 0 Å². The van der Waals surface area contributed by atoms with Gasteiger partial charge in [0.15, 0.2) is 0 Å². The molecule has 8 nitrogen and oxygen atoms in total. The van der Waals surface area contributed by atoms with Gasteiger partial charge in [-0.3, -0.25) is 4.79 Å². The Hall–Kier alpha value is -4.33. The zero-order valence-electron chi connectivity index (χ0n) is 17.8. The number of pyridine rings is 1. The molecule has 1 aliphatic rings. The molecular formula is C25H23N5O3. The standard InChI is InChI=1S/C25H23N5O3/c31-24(17-7-9-18(10-8-17)28-25(32)29-19-11-12-19)27-20-4-3-5-22(14-20)33-16-21-15-30-13-2-1-6-23(30)26-21/h1-10,13-15,19H,11-12,16H2,(H,27,31)(H2,28,29,32). The predicted molar refractivity (Wildman–Crippen MR) is 126 cm³/mol. The molecule has 5 rings (SSSR count). The van der Waals surface area contributed by atoms with E-state index in [1.54, 1.807) is 36.4 Å². The molecule has 0 bridgehead atoms. The average Bonchev–Trinajstić information content (AvgIpc) is 3.53. The summed E-state index contributed by atoms with van der Waals surface area (Å²) < 4.78 is 7.80. The number of fused-ring (bicyclic) bond motifs is 1. The number of carbonyl (C=O) groups is 2. The molecule has 3 N–H and O–H groups in total. The number of rotatable bonds is 7. The molecule has 2 heterocycles. The number of carbonyl (C=O) groups excluding carboxylic acids is 2. The van der Waals surface area contributed by atoms with Gasteiger partial charge < -0.3 is 25.1 Å². The Balaban J connectivity index is 1.17. The molecule has 0 aliphatic heterocycles. The van der Waals surface area contributed by atoms with E-state index >= 15 is 0 Å². The van der Waals surface area contributed by atoms with Gasteiger partial charge in [-0.05, 0) is 61.4 Å². The third kappa shape index (κ3) is 5.30. The van der Waals surface area contributed by atoms with E-state index in [0.717, 1.165) is 24.2 Å². The second-order valence-corrected chi connectivity index (χ2v) is 7.92. The Kier molecular flexibility index (Phi) is 5.63. The fraction of sp³-hybridized carbons (Fsp3) is 0.160. The van der Waals surface area contributed by atoms with Crippen molar-refractivity contribution in [2.45, 2.75) is 25.5 Å². The zero-order valence-corrected chi connectivity index (χ0v) is 17.8. The minimum absolute atomic E-state index is 0.227. The van der Waals surface area contributed by atoms with Gasteiger partial charge in [0, 0.05) is 41.4 Å². The topological polar surface area (TPSA) is 96.8 Å². The van der Waals surface area contributed by atoms with Crippen LogP contribution in [0.1, 0.15) is 28.9 Å². The third-order valence-corrected chi connectivity index (χ3v) is 5.21. The minimum atomic E-state index is -0.249. The van der Waals surface area contributed by atoms with Crippen molar-refractivity contribution in [2.75, 3.05) is 10.6 Å². The predicted octanol–water partition coefficient (Wildman–Crippen LogP) is 4.45. The van der Waals surface area contributed by atoms with Crippen LogP contribution in [0.4, 0.5) is 16.2 Å². The molecule has 0 spiro atoms. The van der Waals surface area contributed by atoms with Gasteiger partial charge in [0.2, 0.25) is 0 Å². The van der Waals surface area contributed by atoms with E-state index < -0.39 is 0 Å². The summed E-state index contributed by atoms with van der Waals surface area (Å²) in [6.45, 7) is 0.321. The molecule has 2 aromatic carbocycles. The number of hydrogen-bond donors (Lipinski definition) is 3. The molecule has 33 heavy (non-hydrogen) atoms. The SMILES string of the molecule is O=C(Nc1ccc(C(=O)Nc2cccc(OCc3cn4ccccc4n3)c2)cc1)NC1CC1. The van der Waals surface area contributed by atoms with Gasteiger partial charge in [-0.1, -0.05) is 12.1 Å². The third-order valence-electron chi connectivity index (χ3n) is 5.21. The Labute approximate surface area is 190 Å². The van der Waals surface area contributed by atoms with E-state index in [2.05, 4.69) is 20.9 Å². The van der Waals surface area contributed by atoms with Gasteiger partial charge in [0.1, 0.15) is 18.0 Å². The van der Waals surface area contributed by atoms with Crippen molar-refractivity contribution >= 4 is 29.0 Å². The van der Waals surface area contributed by atoms with E-state index in [-0.39, 0.29) is 18.0 Å². The first-order valence-corrected chi connectivity index (χ1v) is 10.8. The number of nitrogens with one attached hydrogen (secondary N) is 3. The minimum Gasteiger partial charge on any atom is -0.487 e. The monoisotopic (exact) mass is 441 g/mol. The van der Waals surface area contributed by atoms with Gasteiger partial charge in [-0.15, -0.1) is 0 Å². The van der Waals surface area contributed by atoms with Gasteiger partial charge in [0.25, 0.3) is 5.91 Å². The summed E-state index contributed by atoms with van der Waals surface area (Å²) in [6.07, 6.45) is 5.92. The molecule has 4 aromatic rings. The van der Waals surface area contributed by atoms with Crippen LogP contribution in [0.25, 0.3) is 5.65 Å². The number of imidazole rings is 1. The quantitative estimate of drug-likeness (QED) is 0.395. The molecule has 1 aliphatic carbocycles.